The van der Waals surface area contributed by atoms with Crippen molar-refractivity contribution in [2.24, 2.45) is 0 Å². The molecule has 2 amide bonds. The van der Waals surface area contributed by atoms with Gasteiger partial charge in [-0.2, -0.15) is 13.2 Å². The summed E-state index contributed by atoms with van der Waals surface area (Å²) in [6.07, 6.45) is -2.43. The summed E-state index contributed by atoms with van der Waals surface area (Å²) in [6, 6.07) is 24.4. The SMILES string of the molecule is O=C(Nc1ccccc1Oc1ccccc1)NC1CCN(c2ccnc3cc(Cl)ccc23)C1.O=C(O)C(F)(F)F. The fourth-order valence-corrected chi connectivity index (χ4v) is 4.26. The summed E-state index contributed by atoms with van der Waals surface area (Å²) in [4.78, 5) is 28.3. The van der Waals surface area contributed by atoms with Crippen molar-refractivity contribution in [3.63, 3.8) is 0 Å². The van der Waals surface area contributed by atoms with Gasteiger partial charge in [0.05, 0.1) is 11.2 Å². The number of anilines is 2. The highest BCUT2D eigenvalue weighted by Gasteiger charge is 2.38. The number of aromatic nitrogens is 1. The molecule has 208 valence electrons. The molecule has 1 aliphatic heterocycles. The number of ether oxygens (including phenoxy) is 1. The highest BCUT2D eigenvalue weighted by atomic mass is 35.5. The fourth-order valence-electron chi connectivity index (χ4n) is 4.10. The van der Waals surface area contributed by atoms with Gasteiger partial charge in [0, 0.05) is 41.4 Å². The Morgan fingerprint density at radius 2 is 1.73 bits per heavy atom. The topological polar surface area (TPSA) is 104 Å². The van der Waals surface area contributed by atoms with E-state index in [4.69, 9.17) is 26.2 Å². The molecule has 3 aromatic carbocycles. The summed E-state index contributed by atoms with van der Waals surface area (Å²) >= 11 is 6.12. The van der Waals surface area contributed by atoms with Crippen molar-refractivity contribution in [3.8, 4) is 11.5 Å². The maximum atomic E-state index is 12.7. The second kappa shape index (κ2) is 12.6. The Kier molecular flexibility index (Phi) is 8.95. The second-order valence-corrected chi connectivity index (χ2v) is 9.17. The summed E-state index contributed by atoms with van der Waals surface area (Å²) in [5.74, 6) is -1.45. The molecule has 12 heteroatoms. The zero-order chi connectivity index (χ0) is 28.7. The van der Waals surface area contributed by atoms with Crippen LogP contribution in [0.1, 0.15) is 6.42 Å². The van der Waals surface area contributed by atoms with Gasteiger partial charge in [0.15, 0.2) is 5.75 Å². The number of halogens is 4. The number of carbonyl (C=O) groups is 2. The van der Waals surface area contributed by atoms with Gasteiger partial charge in [-0.15, -0.1) is 0 Å². The number of aliphatic carboxylic acids is 1. The first-order valence-corrected chi connectivity index (χ1v) is 12.5. The van der Waals surface area contributed by atoms with E-state index < -0.39 is 12.1 Å². The largest absolute Gasteiger partial charge is 0.490 e. The minimum absolute atomic E-state index is 0.0303. The van der Waals surface area contributed by atoms with Crippen LogP contribution in [0.4, 0.5) is 29.3 Å². The number of nitrogens with one attached hydrogen (secondary N) is 2. The summed E-state index contributed by atoms with van der Waals surface area (Å²) in [5.41, 5.74) is 2.58. The van der Waals surface area contributed by atoms with E-state index in [0.717, 1.165) is 36.1 Å². The molecular formula is C28H24ClF3N4O4. The van der Waals surface area contributed by atoms with Crippen LogP contribution >= 0.6 is 11.6 Å². The zero-order valence-corrected chi connectivity index (χ0v) is 21.6. The molecule has 0 bridgehead atoms. The molecule has 0 radical (unpaired) electrons. The monoisotopic (exact) mass is 572 g/mol. The molecule has 4 aromatic rings. The summed E-state index contributed by atoms with van der Waals surface area (Å²) in [6.45, 7) is 1.57. The van der Waals surface area contributed by atoms with E-state index in [1.165, 1.54) is 0 Å². The van der Waals surface area contributed by atoms with Gasteiger partial charge in [0.2, 0.25) is 0 Å². The van der Waals surface area contributed by atoms with Gasteiger partial charge in [-0.05, 0) is 55.0 Å². The lowest BCUT2D eigenvalue weighted by Gasteiger charge is -2.21. The molecule has 1 fully saturated rings. The van der Waals surface area contributed by atoms with Gasteiger partial charge < -0.3 is 25.4 Å². The molecule has 1 unspecified atom stereocenters. The Morgan fingerprint density at radius 1 is 1.02 bits per heavy atom. The maximum Gasteiger partial charge on any atom is 0.490 e. The predicted molar refractivity (Wildman–Crippen MR) is 146 cm³/mol. The van der Waals surface area contributed by atoms with Crippen molar-refractivity contribution in [1.82, 2.24) is 10.3 Å². The van der Waals surface area contributed by atoms with Crippen LogP contribution in [0.2, 0.25) is 5.02 Å². The van der Waals surface area contributed by atoms with Crippen LogP contribution in [0, 0.1) is 0 Å². The summed E-state index contributed by atoms with van der Waals surface area (Å²) in [5, 5.41) is 14.9. The van der Waals surface area contributed by atoms with E-state index in [2.05, 4.69) is 20.5 Å². The molecule has 3 N–H and O–H groups in total. The minimum atomic E-state index is -5.08. The normalized spacial score (nSPS) is 14.7. The molecule has 2 heterocycles. The first-order valence-electron chi connectivity index (χ1n) is 12.1. The Labute approximate surface area is 232 Å². The number of hydrogen-bond donors (Lipinski definition) is 3. The molecule has 1 aromatic heterocycles. The van der Waals surface area contributed by atoms with Crippen LogP contribution in [0.15, 0.2) is 85.1 Å². The molecule has 1 saturated heterocycles. The molecule has 1 aliphatic rings. The van der Waals surface area contributed by atoms with Gasteiger partial charge in [-0.3, -0.25) is 4.98 Å². The molecule has 0 saturated carbocycles. The van der Waals surface area contributed by atoms with Crippen LogP contribution in [0.3, 0.4) is 0 Å². The zero-order valence-electron chi connectivity index (χ0n) is 20.9. The quantitative estimate of drug-likeness (QED) is 0.245. The lowest BCUT2D eigenvalue weighted by molar-refractivity contribution is -0.192. The van der Waals surface area contributed by atoms with Crippen molar-refractivity contribution < 1.29 is 32.6 Å². The van der Waals surface area contributed by atoms with Crippen molar-refractivity contribution in [2.75, 3.05) is 23.3 Å². The van der Waals surface area contributed by atoms with E-state index in [1.54, 1.807) is 6.20 Å². The van der Waals surface area contributed by atoms with Gasteiger partial charge in [0.1, 0.15) is 5.75 Å². The molecule has 5 rings (SSSR count). The highest BCUT2D eigenvalue weighted by Crippen LogP contribution is 2.31. The van der Waals surface area contributed by atoms with Gasteiger partial charge in [-0.25, -0.2) is 9.59 Å². The molecule has 0 spiro atoms. The standard InChI is InChI=1S/C26H23ClN4O2.C2HF3O2/c27-18-10-11-21-23(16-18)28-14-12-24(21)31-15-13-19(17-31)29-26(32)30-22-8-4-5-9-25(22)33-20-6-2-1-3-7-20;3-2(4,5)1(6)7/h1-12,14,16,19H,13,15,17H2,(H2,29,30,32);(H,6,7). The van der Waals surface area contributed by atoms with E-state index in [9.17, 15) is 18.0 Å². The summed E-state index contributed by atoms with van der Waals surface area (Å²) in [7, 11) is 0. The van der Waals surface area contributed by atoms with E-state index in [0.29, 0.717) is 22.2 Å². The molecule has 8 nitrogen and oxygen atoms in total. The van der Waals surface area contributed by atoms with Crippen molar-refractivity contribution in [2.45, 2.75) is 18.6 Å². The second-order valence-electron chi connectivity index (χ2n) is 8.74. The number of para-hydroxylation sites is 3. The van der Waals surface area contributed by atoms with Crippen LogP contribution in [-0.2, 0) is 4.79 Å². The number of carboxylic acid groups (broad SMARTS) is 1. The smallest absolute Gasteiger partial charge is 0.475 e. The first kappa shape index (κ1) is 28.5. The third-order valence-corrected chi connectivity index (χ3v) is 6.13. The van der Waals surface area contributed by atoms with Crippen molar-refractivity contribution >= 4 is 45.9 Å². The number of carbonyl (C=O) groups excluding carboxylic acids is 1. The van der Waals surface area contributed by atoms with Gasteiger partial charge in [-0.1, -0.05) is 41.9 Å². The maximum absolute atomic E-state index is 12.7. The summed E-state index contributed by atoms with van der Waals surface area (Å²) < 4.78 is 37.7. The van der Waals surface area contributed by atoms with Crippen LogP contribution in [0.25, 0.3) is 10.9 Å². The third-order valence-electron chi connectivity index (χ3n) is 5.89. The number of carboxylic acids is 1. The average Bonchev–Trinajstić information content (AvgIpc) is 3.37. The highest BCUT2D eigenvalue weighted by molar-refractivity contribution is 6.31. The number of fused-ring (bicyclic) bond motifs is 1. The third kappa shape index (κ3) is 7.54. The molecular weight excluding hydrogens is 549 g/mol. The van der Waals surface area contributed by atoms with Gasteiger partial charge >= 0.3 is 18.2 Å². The Balaban J connectivity index is 0.000000470. The lowest BCUT2D eigenvalue weighted by Crippen LogP contribution is -2.39. The van der Waals surface area contributed by atoms with E-state index in [-0.39, 0.29) is 12.1 Å². The van der Waals surface area contributed by atoms with E-state index >= 15 is 0 Å². The van der Waals surface area contributed by atoms with Crippen LogP contribution in [0.5, 0.6) is 11.5 Å². The van der Waals surface area contributed by atoms with Crippen LogP contribution < -0.4 is 20.3 Å². The fraction of sp³-hybridized carbons (Fsp3) is 0.179. The number of urea groups is 1. The first-order chi connectivity index (χ1) is 19.1. The number of hydrogen-bond acceptors (Lipinski definition) is 5. The minimum Gasteiger partial charge on any atom is -0.475 e. The van der Waals surface area contributed by atoms with Crippen molar-refractivity contribution in [1.29, 1.82) is 0 Å². The predicted octanol–water partition coefficient (Wildman–Crippen LogP) is 6.71. The van der Waals surface area contributed by atoms with Crippen LogP contribution in [-0.4, -0.2) is 47.4 Å². The number of rotatable bonds is 5. The molecule has 40 heavy (non-hydrogen) atoms. The number of nitrogens with zero attached hydrogens (tertiary/aromatic N) is 2. The Morgan fingerprint density at radius 3 is 2.45 bits per heavy atom. The number of benzene rings is 3. The van der Waals surface area contributed by atoms with Gasteiger partial charge in [0.25, 0.3) is 0 Å². The number of alkyl halides is 3. The molecule has 1 atom stereocenters. The lowest BCUT2D eigenvalue weighted by atomic mass is 10.2. The number of pyridine rings is 1. The number of amides is 2. The average molecular weight is 573 g/mol. The Hall–Kier alpha value is -4.51. The Bertz CT molecular complexity index is 1490. The van der Waals surface area contributed by atoms with Crippen molar-refractivity contribution in [3.05, 3.63) is 90.1 Å². The molecule has 0 aliphatic carbocycles. The van der Waals surface area contributed by atoms with E-state index in [1.807, 2.05) is 78.9 Å².